The first-order valence-corrected chi connectivity index (χ1v) is 11.4. The number of alkyl halides is 3. The summed E-state index contributed by atoms with van der Waals surface area (Å²) in [7, 11) is 3.59. The second kappa shape index (κ2) is 9.80. The molecule has 1 aliphatic rings. The lowest BCUT2D eigenvalue weighted by atomic mass is 9.84. The number of carbonyl (C=O) groups excluding carboxylic acids is 2. The van der Waals surface area contributed by atoms with E-state index in [-0.39, 0.29) is 37.4 Å². The Morgan fingerprint density at radius 1 is 1.24 bits per heavy atom. The molecule has 0 spiro atoms. The summed E-state index contributed by atoms with van der Waals surface area (Å²) in [5.41, 5.74) is 3.70. The van der Waals surface area contributed by atoms with Gasteiger partial charge in [-0.15, -0.1) is 11.3 Å². The molecule has 1 aromatic heterocycles. The van der Waals surface area contributed by atoms with Gasteiger partial charge in [-0.1, -0.05) is 12.1 Å². The van der Waals surface area contributed by atoms with E-state index < -0.39 is 35.1 Å². The third-order valence-corrected chi connectivity index (χ3v) is 7.32. The van der Waals surface area contributed by atoms with Crippen LogP contribution in [0.15, 0.2) is 35.7 Å². The number of benzene rings is 1. The molecule has 0 aliphatic heterocycles. The highest BCUT2D eigenvalue weighted by Gasteiger charge is 2.67. The number of nitrogens with two attached hydrogens (primary N) is 1. The molecule has 3 rings (SSSR count). The summed E-state index contributed by atoms with van der Waals surface area (Å²) >= 11 is 1.23. The second-order valence-electron chi connectivity index (χ2n) is 8.73. The fraction of sp³-hybridized carbons (Fsp3) is 0.478. The molecule has 33 heavy (non-hydrogen) atoms. The zero-order valence-corrected chi connectivity index (χ0v) is 19.2. The first-order chi connectivity index (χ1) is 15.4. The smallest absolute Gasteiger partial charge is 0.366 e. The van der Waals surface area contributed by atoms with Crippen LogP contribution < -0.4 is 11.1 Å². The van der Waals surface area contributed by atoms with Crippen molar-refractivity contribution in [2.45, 2.75) is 43.8 Å². The molecule has 2 amide bonds. The van der Waals surface area contributed by atoms with E-state index in [1.807, 2.05) is 4.90 Å². The number of rotatable bonds is 10. The number of hydrogen-bond donors (Lipinski definition) is 2. The zero-order chi connectivity index (χ0) is 24.4. The van der Waals surface area contributed by atoms with E-state index in [2.05, 4.69) is 5.32 Å². The molecule has 180 valence electrons. The van der Waals surface area contributed by atoms with Crippen molar-refractivity contribution >= 4 is 23.2 Å². The number of amides is 2. The average molecular weight is 486 g/mol. The van der Waals surface area contributed by atoms with Crippen LogP contribution in [0.3, 0.4) is 0 Å². The van der Waals surface area contributed by atoms with Crippen LogP contribution in [0.5, 0.6) is 0 Å². The summed E-state index contributed by atoms with van der Waals surface area (Å²) in [5, 5.41) is 4.48. The first-order valence-electron chi connectivity index (χ1n) is 10.6. The molecule has 5 nitrogen and oxygen atoms in total. The van der Waals surface area contributed by atoms with Gasteiger partial charge in [0.15, 0.2) is 0 Å². The maximum Gasteiger partial charge on any atom is 0.395 e. The minimum absolute atomic E-state index is 0.0273. The number of nitrogens with one attached hydrogen (secondary N) is 1. The fourth-order valence-corrected chi connectivity index (χ4v) is 5.05. The molecular weight excluding hydrogens is 458 g/mol. The standard InChI is InChI=1S/C23H27F4N3O2S/c1-30(2)15(10-14-5-6-16(21(28)32)18(24)11-14)13-29-20(31)12-17(19-4-3-9-33-19)22(7-8-22)23(25,26)27/h3-6,9,11,15,17H,7-8,10,12-13H2,1-2H3,(H2,28,32)(H,29,31)/t15-,17+/m0/s1. The van der Waals surface area contributed by atoms with Crippen molar-refractivity contribution in [2.24, 2.45) is 11.1 Å². The van der Waals surface area contributed by atoms with Crippen molar-refractivity contribution < 1.29 is 27.2 Å². The van der Waals surface area contributed by atoms with Crippen LogP contribution in [0.25, 0.3) is 0 Å². The van der Waals surface area contributed by atoms with Crippen LogP contribution in [0.4, 0.5) is 17.6 Å². The lowest BCUT2D eigenvalue weighted by molar-refractivity contribution is -0.194. The maximum atomic E-state index is 14.1. The normalized spacial score (nSPS) is 16.9. The maximum absolute atomic E-state index is 14.1. The van der Waals surface area contributed by atoms with E-state index in [1.165, 1.54) is 23.5 Å². The van der Waals surface area contributed by atoms with E-state index in [1.54, 1.807) is 37.7 Å². The summed E-state index contributed by atoms with van der Waals surface area (Å²) in [6.07, 6.45) is -4.19. The molecule has 0 bridgehead atoms. The largest absolute Gasteiger partial charge is 0.395 e. The topological polar surface area (TPSA) is 75.4 Å². The van der Waals surface area contributed by atoms with Crippen molar-refractivity contribution in [1.29, 1.82) is 0 Å². The Balaban J connectivity index is 1.66. The molecule has 0 unspecified atom stereocenters. The molecule has 1 saturated carbocycles. The summed E-state index contributed by atoms with van der Waals surface area (Å²) in [4.78, 5) is 26.3. The molecular formula is C23H27F4N3O2S. The van der Waals surface area contributed by atoms with E-state index >= 15 is 0 Å². The Labute approximate surface area is 194 Å². The van der Waals surface area contributed by atoms with Crippen molar-refractivity contribution in [3.63, 3.8) is 0 Å². The Morgan fingerprint density at radius 2 is 1.94 bits per heavy atom. The molecule has 2 aromatic rings. The molecule has 0 saturated heterocycles. The summed E-state index contributed by atoms with van der Waals surface area (Å²) in [6.45, 7) is 0.182. The molecule has 1 aromatic carbocycles. The van der Waals surface area contributed by atoms with Gasteiger partial charge >= 0.3 is 6.18 Å². The van der Waals surface area contributed by atoms with Gasteiger partial charge < -0.3 is 16.0 Å². The van der Waals surface area contributed by atoms with Gasteiger partial charge in [0.1, 0.15) is 5.82 Å². The quantitative estimate of drug-likeness (QED) is 0.498. The molecule has 1 heterocycles. The van der Waals surface area contributed by atoms with E-state index in [0.717, 1.165) is 0 Å². The van der Waals surface area contributed by atoms with Gasteiger partial charge in [-0.05, 0) is 62.5 Å². The van der Waals surface area contributed by atoms with Crippen molar-refractivity contribution in [3.8, 4) is 0 Å². The molecule has 0 radical (unpaired) electrons. The van der Waals surface area contributed by atoms with Gasteiger partial charge in [0.05, 0.1) is 11.0 Å². The third kappa shape index (κ3) is 5.73. The van der Waals surface area contributed by atoms with Crippen molar-refractivity contribution in [3.05, 3.63) is 57.5 Å². The lowest BCUT2D eigenvalue weighted by Gasteiger charge is -2.29. The number of likely N-dealkylation sites (N-methyl/N-ethyl adjacent to an activating group) is 1. The van der Waals surface area contributed by atoms with Crippen molar-refractivity contribution in [1.82, 2.24) is 10.2 Å². The Hall–Kier alpha value is -2.46. The summed E-state index contributed by atoms with van der Waals surface area (Å²) in [5.74, 6) is -2.94. The monoisotopic (exact) mass is 485 g/mol. The Morgan fingerprint density at radius 3 is 2.42 bits per heavy atom. The molecule has 2 atom stereocenters. The van der Waals surface area contributed by atoms with Crippen molar-refractivity contribution in [2.75, 3.05) is 20.6 Å². The third-order valence-electron chi connectivity index (χ3n) is 6.33. The number of primary amides is 1. The minimum Gasteiger partial charge on any atom is -0.366 e. The molecule has 3 N–H and O–H groups in total. The highest BCUT2D eigenvalue weighted by Crippen LogP contribution is 2.66. The van der Waals surface area contributed by atoms with E-state index in [0.29, 0.717) is 16.9 Å². The summed E-state index contributed by atoms with van der Waals surface area (Å²) < 4.78 is 55.4. The van der Waals surface area contributed by atoms with Crippen LogP contribution in [0.2, 0.25) is 0 Å². The lowest BCUT2D eigenvalue weighted by Crippen LogP contribution is -2.42. The number of hydrogen-bond acceptors (Lipinski definition) is 4. The van der Waals surface area contributed by atoms with Gasteiger partial charge in [0, 0.05) is 29.8 Å². The average Bonchev–Trinajstić information content (AvgIpc) is 3.36. The molecule has 10 heteroatoms. The Bertz CT molecular complexity index is 988. The highest BCUT2D eigenvalue weighted by molar-refractivity contribution is 7.10. The Kier molecular flexibility index (Phi) is 7.48. The predicted octanol–water partition coefficient (Wildman–Crippen LogP) is 4.09. The zero-order valence-electron chi connectivity index (χ0n) is 18.4. The molecule has 1 aliphatic carbocycles. The predicted molar refractivity (Wildman–Crippen MR) is 119 cm³/mol. The van der Waals surface area contributed by atoms with Gasteiger partial charge in [0.25, 0.3) is 5.91 Å². The van der Waals surface area contributed by atoms with Crippen LogP contribution in [0, 0.1) is 11.2 Å². The van der Waals surface area contributed by atoms with Gasteiger partial charge in [-0.3, -0.25) is 9.59 Å². The SMILES string of the molecule is CN(C)[C@H](CNC(=O)C[C@H](c1cccs1)C1(C(F)(F)F)CC1)Cc1ccc(C(N)=O)c(F)c1. The number of nitrogens with zero attached hydrogens (tertiary/aromatic N) is 1. The number of halogens is 4. The van der Waals surface area contributed by atoms with E-state index in [9.17, 15) is 27.2 Å². The van der Waals surface area contributed by atoms with Gasteiger partial charge in [-0.2, -0.15) is 13.2 Å². The van der Waals surface area contributed by atoms with Gasteiger partial charge in [-0.25, -0.2) is 4.39 Å². The van der Waals surface area contributed by atoms with Crippen LogP contribution in [-0.4, -0.2) is 49.6 Å². The minimum atomic E-state index is -4.37. The highest BCUT2D eigenvalue weighted by atomic mass is 32.1. The number of carbonyl (C=O) groups is 2. The van der Waals surface area contributed by atoms with Crippen LogP contribution in [-0.2, 0) is 11.2 Å². The van der Waals surface area contributed by atoms with Crippen LogP contribution in [0.1, 0.15) is 46.0 Å². The fourth-order valence-electron chi connectivity index (χ4n) is 4.11. The second-order valence-corrected chi connectivity index (χ2v) is 9.71. The van der Waals surface area contributed by atoms with Crippen LogP contribution >= 0.6 is 11.3 Å². The molecule has 1 fully saturated rings. The summed E-state index contributed by atoms with van der Waals surface area (Å²) in [6, 6.07) is 7.25. The number of thiophene rings is 1. The van der Waals surface area contributed by atoms with Gasteiger partial charge in [0.2, 0.25) is 5.91 Å². The first kappa shape index (κ1) is 25.2. The van der Waals surface area contributed by atoms with E-state index in [4.69, 9.17) is 5.73 Å².